The Morgan fingerprint density at radius 2 is 2.00 bits per heavy atom. The Morgan fingerprint density at radius 3 is 2.14 bits per heavy atom. The lowest BCUT2D eigenvalue weighted by atomic mass is 10.3. The second-order valence-corrected chi connectivity index (χ2v) is 2.34. The summed E-state index contributed by atoms with van der Waals surface area (Å²) in [6, 6.07) is 0. The molecule has 0 heterocycles. The molecule has 0 rings (SSSR count). The lowest BCUT2D eigenvalue weighted by molar-refractivity contribution is 0.833. The number of nitrogens with two attached hydrogens (primary N) is 1. The van der Waals surface area contributed by atoms with Crippen LogP contribution in [0.3, 0.4) is 0 Å². The van der Waals surface area contributed by atoms with E-state index < -0.39 is 0 Å². The van der Waals surface area contributed by atoms with E-state index in [-0.39, 0.29) is 0 Å². The molecule has 0 saturated heterocycles. The molecule has 0 aliphatic heterocycles. The third-order valence-electron chi connectivity index (χ3n) is 0.570. The third-order valence-corrected chi connectivity index (χ3v) is 0.948. The lowest BCUT2D eigenvalue weighted by Gasteiger charge is -1.93. The summed E-state index contributed by atoms with van der Waals surface area (Å²) in [6.45, 7) is 0.656. The molecule has 2 N–H and O–H groups in total. The molecule has 0 amide bonds. The summed E-state index contributed by atoms with van der Waals surface area (Å²) < 4.78 is 0. The predicted molar refractivity (Wildman–Crippen MR) is 33.2 cm³/mol. The summed E-state index contributed by atoms with van der Waals surface area (Å²) in [5, 5.41) is 0. The fraction of sp³-hybridized carbons (Fsp3) is 0.750. The van der Waals surface area contributed by atoms with E-state index in [1.165, 1.54) is 0 Å². The van der Waals surface area contributed by atoms with E-state index >= 15 is 0 Å². The zero-order valence-corrected chi connectivity index (χ0v) is 5.47. The molecular weight excluding hydrogens is 133 g/mol. The molecule has 0 saturated carbocycles. The van der Waals surface area contributed by atoms with Gasteiger partial charge in [-0.25, -0.2) is 0 Å². The van der Waals surface area contributed by atoms with Crippen molar-refractivity contribution in [2.75, 3.05) is 6.54 Å². The molecule has 0 spiro atoms. The molecule has 0 atom stereocenters. The zero-order valence-electron chi connectivity index (χ0n) is 3.95. The quantitative estimate of drug-likeness (QED) is 0.635. The number of rotatable bonds is 3. The van der Waals surface area contributed by atoms with Gasteiger partial charge in [-0.2, -0.15) is 0 Å². The van der Waals surface area contributed by atoms with Gasteiger partial charge in [0.25, 0.3) is 0 Å². The van der Waals surface area contributed by atoms with E-state index in [9.17, 15) is 0 Å². The van der Waals surface area contributed by atoms with E-state index in [0.717, 1.165) is 12.8 Å². The Bertz CT molecular complexity index is 38.7. The van der Waals surface area contributed by atoms with Gasteiger partial charge in [-0.1, -0.05) is 23.2 Å². The Kier molecular flexibility index (Phi) is 5.05. The number of hydrogen-bond acceptors (Lipinski definition) is 1. The van der Waals surface area contributed by atoms with Crippen molar-refractivity contribution >= 4 is 23.2 Å². The molecule has 0 aromatic carbocycles. The smallest absolute Gasteiger partial charge is 0.151 e. The Hall–Kier alpha value is 0.540. The van der Waals surface area contributed by atoms with Gasteiger partial charge in [0.15, 0.2) is 4.84 Å². The van der Waals surface area contributed by atoms with Crippen molar-refractivity contribution in [3.8, 4) is 0 Å². The average Bonchev–Trinajstić information content (AvgIpc) is 1.61. The predicted octanol–water partition coefficient (Wildman–Crippen LogP) is 1.69. The van der Waals surface area contributed by atoms with Gasteiger partial charge >= 0.3 is 0 Å². The van der Waals surface area contributed by atoms with Gasteiger partial charge in [0.05, 0.1) is 0 Å². The Labute approximate surface area is 53.8 Å². The highest BCUT2D eigenvalue weighted by Gasteiger charge is 1.95. The first-order valence-electron chi connectivity index (χ1n) is 2.14. The van der Waals surface area contributed by atoms with Crippen molar-refractivity contribution in [3.63, 3.8) is 0 Å². The molecule has 7 heavy (non-hydrogen) atoms. The van der Waals surface area contributed by atoms with Gasteiger partial charge in [-0.05, 0) is 19.4 Å². The Morgan fingerprint density at radius 1 is 1.43 bits per heavy atom. The van der Waals surface area contributed by atoms with E-state index in [0.29, 0.717) is 11.4 Å². The highest BCUT2D eigenvalue weighted by molar-refractivity contribution is 6.52. The number of halogens is 2. The minimum atomic E-state index is 0.422. The first-order chi connectivity index (χ1) is 3.27. The van der Waals surface area contributed by atoms with Gasteiger partial charge in [0.2, 0.25) is 0 Å². The molecule has 0 fully saturated rings. The monoisotopic (exact) mass is 140 g/mol. The maximum absolute atomic E-state index is 5.28. The first kappa shape index (κ1) is 7.54. The van der Waals surface area contributed by atoms with Crippen LogP contribution in [0, 0.1) is 4.84 Å². The van der Waals surface area contributed by atoms with E-state index in [4.69, 9.17) is 28.9 Å². The molecule has 0 unspecified atom stereocenters. The fourth-order valence-electron chi connectivity index (χ4n) is 0.236. The maximum atomic E-state index is 5.28. The highest BCUT2D eigenvalue weighted by Crippen LogP contribution is 2.17. The molecule has 43 valence electrons. The van der Waals surface area contributed by atoms with Gasteiger partial charge in [0, 0.05) is 0 Å². The van der Waals surface area contributed by atoms with E-state index in [1.54, 1.807) is 0 Å². The van der Waals surface area contributed by atoms with Crippen LogP contribution in [0.25, 0.3) is 0 Å². The van der Waals surface area contributed by atoms with Crippen LogP contribution in [0.1, 0.15) is 12.8 Å². The molecule has 0 aromatic heterocycles. The lowest BCUT2D eigenvalue weighted by Crippen LogP contribution is -1.97. The molecule has 0 aliphatic rings. The van der Waals surface area contributed by atoms with Crippen LogP contribution in [0.2, 0.25) is 0 Å². The van der Waals surface area contributed by atoms with Crippen LogP contribution in [-0.2, 0) is 0 Å². The van der Waals surface area contributed by atoms with Crippen LogP contribution < -0.4 is 5.73 Å². The van der Waals surface area contributed by atoms with Gasteiger partial charge < -0.3 is 5.73 Å². The largest absolute Gasteiger partial charge is 0.330 e. The minimum Gasteiger partial charge on any atom is -0.330 e. The molecule has 1 radical (unpaired) electrons. The Balaban J connectivity index is 2.68. The van der Waals surface area contributed by atoms with Crippen LogP contribution in [0.4, 0.5) is 0 Å². The zero-order chi connectivity index (χ0) is 5.70. The molecule has 1 nitrogen and oxygen atoms in total. The van der Waals surface area contributed by atoms with Crippen molar-refractivity contribution in [1.29, 1.82) is 0 Å². The van der Waals surface area contributed by atoms with Crippen LogP contribution in [-0.4, -0.2) is 6.54 Å². The SMILES string of the molecule is NCCC[C](Cl)Cl. The van der Waals surface area contributed by atoms with E-state index in [2.05, 4.69) is 0 Å². The second kappa shape index (κ2) is 4.69. The van der Waals surface area contributed by atoms with Gasteiger partial charge in [-0.15, -0.1) is 0 Å². The fourth-order valence-corrected chi connectivity index (χ4v) is 0.503. The molecule has 0 aliphatic carbocycles. The summed E-state index contributed by atoms with van der Waals surface area (Å²) in [4.78, 5) is 0.422. The molecule has 0 aromatic rings. The second-order valence-electron chi connectivity index (χ2n) is 1.23. The summed E-state index contributed by atoms with van der Waals surface area (Å²) >= 11 is 10.6. The third kappa shape index (κ3) is 6.54. The summed E-state index contributed by atoms with van der Waals surface area (Å²) in [7, 11) is 0. The van der Waals surface area contributed by atoms with Crippen LogP contribution in [0.15, 0.2) is 0 Å². The summed E-state index contributed by atoms with van der Waals surface area (Å²) in [5.74, 6) is 0. The van der Waals surface area contributed by atoms with Gasteiger partial charge in [-0.3, -0.25) is 0 Å². The van der Waals surface area contributed by atoms with E-state index in [1.807, 2.05) is 0 Å². The highest BCUT2D eigenvalue weighted by atomic mass is 35.5. The summed E-state index contributed by atoms with van der Waals surface area (Å²) in [5.41, 5.74) is 5.15. The molecule has 0 bridgehead atoms. The minimum absolute atomic E-state index is 0.422. The summed E-state index contributed by atoms with van der Waals surface area (Å²) in [6.07, 6.45) is 1.60. The van der Waals surface area contributed by atoms with Crippen molar-refractivity contribution in [2.24, 2.45) is 5.73 Å². The maximum Gasteiger partial charge on any atom is 0.151 e. The molecule has 3 heteroatoms. The first-order valence-corrected chi connectivity index (χ1v) is 2.90. The number of hydrogen-bond donors (Lipinski definition) is 1. The standard InChI is InChI=1S/C4H8Cl2N/c5-4(6)2-1-3-7/h1-3,7H2. The van der Waals surface area contributed by atoms with Crippen LogP contribution in [0.5, 0.6) is 0 Å². The average molecular weight is 141 g/mol. The topological polar surface area (TPSA) is 26.0 Å². The molecular formula is C4H8Cl2N. The normalized spacial score (nSPS) is 10.3. The van der Waals surface area contributed by atoms with Crippen molar-refractivity contribution in [2.45, 2.75) is 12.8 Å². The van der Waals surface area contributed by atoms with Crippen molar-refractivity contribution < 1.29 is 0 Å². The van der Waals surface area contributed by atoms with Crippen molar-refractivity contribution in [3.05, 3.63) is 4.84 Å². The van der Waals surface area contributed by atoms with Gasteiger partial charge in [0.1, 0.15) is 0 Å². The van der Waals surface area contributed by atoms with Crippen molar-refractivity contribution in [1.82, 2.24) is 0 Å². The van der Waals surface area contributed by atoms with Crippen LogP contribution >= 0.6 is 23.2 Å².